The molecule has 2 saturated heterocycles. The SMILES string of the molecule is CNC(=O)CN1CCN(C(=O)C2NCCCC2(C)C)CC1. The van der Waals surface area contributed by atoms with Crippen LogP contribution in [0.25, 0.3) is 0 Å². The summed E-state index contributed by atoms with van der Waals surface area (Å²) in [7, 11) is 1.65. The number of carbonyl (C=O) groups is 2. The summed E-state index contributed by atoms with van der Waals surface area (Å²) in [5, 5.41) is 6.03. The molecular formula is C15H28N4O2. The lowest BCUT2D eigenvalue weighted by atomic mass is 9.77. The number of hydrogen-bond donors (Lipinski definition) is 2. The molecule has 2 N–H and O–H groups in total. The predicted molar refractivity (Wildman–Crippen MR) is 81.9 cm³/mol. The first-order chi connectivity index (χ1) is 9.94. The topological polar surface area (TPSA) is 64.7 Å². The molecule has 2 aliphatic heterocycles. The van der Waals surface area contributed by atoms with Crippen molar-refractivity contribution in [3.8, 4) is 0 Å². The number of carbonyl (C=O) groups excluding carboxylic acids is 2. The third-order valence-electron chi connectivity index (χ3n) is 4.70. The van der Waals surface area contributed by atoms with Crippen molar-refractivity contribution in [2.45, 2.75) is 32.7 Å². The normalized spacial score (nSPS) is 26.4. The number of nitrogens with zero attached hydrogens (tertiary/aromatic N) is 2. The van der Waals surface area contributed by atoms with Crippen molar-refractivity contribution < 1.29 is 9.59 Å². The molecule has 2 rings (SSSR count). The number of piperidine rings is 1. The summed E-state index contributed by atoms with van der Waals surface area (Å²) in [6, 6.07) is -0.0725. The van der Waals surface area contributed by atoms with Crippen molar-refractivity contribution in [3.63, 3.8) is 0 Å². The number of nitrogens with one attached hydrogen (secondary N) is 2. The van der Waals surface area contributed by atoms with E-state index in [4.69, 9.17) is 0 Å². The third-order valence-corrected chi connectivity index (χ3v) is 4.70. The van der Waals surface area contributed by atoms with E-state index in [1.165, 1.54) is 0 Å². The average molecular weight is 296 g/mol. The van der Waals surface area contributed by atoms with Crippen LogP contribution in [0.3, 0.4) is 0 Å². The van der Waals surface area contributed by atoms with Crippen molar-refractivity contribution in [3.05, 3.63) is 0 Å². The van der Waals surface area contributed by atoms with Gasteiger partial charge in [-0.2, -0.15) is 0 Å². The van der Waals surface area contributed by atoms with E-state index in [1.54, 1.807) is 7.05 Å². The third kappa shape index (κ3) is 3.95. The van der Waals surface area contributed by atoms with Crippen LogP contribution in [0.4, 0.5) is 0 Å². The molecule has 0 saturated carbocycles. The van der Waals surface area contributed by atoms with Crippen LogP contribution in [-0.2, 0) is 9.59 Å². The van der Waals surface area contributed by atoms with E-state index in [0.717, 1.165) is 32.5 Å². The van der Waals surface area contributed by atoms with Crippen molar-refractivity contribution in [1.82, 2.24) is 20.4 Å². The Balaban J connectivity index is 1.86. The van der Waals surface area contributed by atoms with Gasteiger partial charge in [-0.1, -0.05) is 13.8 Å². The van der Waals surface area contributed by atoms with Gasteiger partial charge in [-0.15, -0.1) is 0 Å². The van der Waals surface area contributed by atoms with Gasteiger partial charge < -0.3 is 15.5 Å². The molecule has 2 fully saturated rings. The Hall–Kier alpha value is -1.14. The monoisotopic (exact) mass is 296 g/mol. The van der Waals surface area contributed by atoms with Gasteiger partial charge in [-0.05, 0) is 24.8 Å². The molecular weight excluding hydrogens is 268 g/mol. The zero-order valence-corrected chi connectivity index (χ0v) is 13.4. The fourth-order valence-electron chi connectivity index (χ4n) is 3.22. The van der Waals surface area contributed by atoms with E-state index >= 15 is 0 Å². The summed E-state index contributed by atoms with van der Waals surface area (Å²) >= 11 is 0. The van der Waals surface area contributed by atoms with E-state index in [0.29, 0.717) is 19.6 Å². The van der Waals surface area contributed by atoms with Gasteiger partial charge in [0.1, 0.15) is 0 Å². The maximum Gasteiger partial charge on any atom is 0.240 e. The highest BCUT2D eigenvalue weighted by Crippen LogP contribution is 2.31. The molecule has 0 radical (unpaired) electrons. The van der Waals surface area contributed by atoms with Crippen LogP contribution in [0.1, 0.15) is 26.7 Å². The largest absolute Gasteiger partial charge is 0.358 e. The minimum atomic E-state index is -0.0725. The molecule has 0 aromatic carbocycles. The second kappa shape index (κ2) is 6.75. The Morgan fingerprint density at radius 1 is 1.24 bits per heavy atom. The van der Waals surface area contributed by atoms with Crippen LogP contribution < -0.4 is 10.6 Å². The van der Waals surface area contributed by atoms with Crippen molar-refractivity contribution in [2.75, 3.05) is 46.3 Å². The number of rotatable bonds is 3. The molecule has 0 spiro atoms. The van der Waals surface area contributed by atoms with Crippen molar-refractivity contribution in [1.29, 1.82) is 0 Å². The van der Waals surface area contributed by atoms with Crippen molar-refractivity contribution in [2.24, 2.45) is 5.41 Å². The maximum absolute atomic E-state index is 12.7. The standard InChI is InChI=1S/C15H28N4O2/c1-15(2)5-4-6-17-13(15)14(21)19-9-7-18(8-10-19)11-12(20)16-3/h13,17H,4-11H2,1-3H3,(H,16,20). The van der Waals surface area contributed by atoms with Gasteiger partial charge in [-0.3, -0.25) is 14.5 Å². The summed E-state index contributed by atoms with van der Waals surface area (Å²) in [6.07, 6.45) is 2.23. The van der Waals surface area contributed by atoms with Gasteiger partial charge in [0.05, 0.1) is 12.6 Å². The fraction of sp³-hybridized carbons (Fsp3) is 0.867. The Labute approximate surface area is 127 Å². The number of hydrogen-bond acceptors (Lipinski definition) is 4. The summed E-state index contributed by atoms with van der Waals surface area (Å²) in [5.41, 5.74) is 0.0224. The molecule has 2 heterocycles. The van der Waals surface area contributed by atoms with Gasteiger partial charge in [0.25, 0.3) is 0 Å². The quantitative estimate of drug-likeness (QED) is 0.747. The number of likely N-dealkylation sites (N-methyl/N-ethyl adjacent to an activating group) is 1. The molecule has 0 bridgehead atoms. The molecule has 0 aromatic rings. The first-order valence-electron chi connectivity index (χ1n) is 7.89. The minimum Gasteiger partial charge on any atom is -0.358 e. The average Bonchev–Trinajstić information content (AvgIpc) is 2.47. The van der Waals surface area contributed by atoms with E-state index in [9.17, 15) is 9.59 Å². The van der Waals surface area contributed by atoms with Crippen LogP contribution in [0.15, 0.2) is 0 Å². The summed E-state index contributed by atoms with van der Waals surface area (Å²) in [6.45, 7) is 8.65. The molecule has 0 aliphatic carbocycles. The highest BCUT2D eigenvalue weighted by molar-refractivity contribution is 5.83. The van der Waals surface area contributed by atoms with Gasteiger partial charge in [0.15, 0.2) is 0 Å². The highest BCUT2D eigenvalue weighted by Gasteiger charge is 2.39. The molecule has 21 heavy (non-hydrogen) atoms. The minimum absolute atomic E-state index is 0.0224. The lowest BCUT2D eigenvalue weighted by molar-refractivity contribution is -0.139. The zero-order chi connectivity index (χ0) is 15.5. The second-order valence-electron chi connectivity index (χ2n) is 6.75. The smallest absolute Gasteiger partial charge is 0.240 e. The molecule has 1 atom stereocenters. The number of piperazine rings is 1. The van der Waals surface area contributed by atoms with Gasteiger partial charge >= 0.3 is 0 Å². The van der Waals surface area contributed by atoms with E-state index in [-0.39, 0.29) is 23.3 Å². The second-order valence-corrected chi connectivity index (χ2v) is 6.75. The maximum atomic E-state index is 12.7. The van der Waals surface area contributed by atoms with Gasteiger partial charge in [0.2, 0.25) is 11.8 Å². The molecule has 2 aliphatic rings. The Morgan fingerprint density at radius 3 is 2.48 bits per heavy atom. The molecule has 2 amide bonds. The molecule has 6 nitrogen and oxygen atoms in total. The fourth-order valence-corrected chi connectivity index (χ4v) is 3.22. The molecule has 0 aromatic heterocycles. The van der Waals surface area contributed by atoms with E-state index < -0.39 is 0 Å². The van der Waals surface area contributed by atoms with Gasteiger partial charge in [0, 0.05) is 33.2 Å². The van der Waals surface area contributed by atoms with Crippen LogP contribution >= 0.6 is 0 Å². The predicted octanol–water partition coefficient (Wildman–Crippen LogP) is -0.345. The summed E-state index contributed by atoms with van der Waals surface area (Å²) in [5.74, 6) is 0.254. The zero-order valence-electron chi connectivity index (χ0n) is 13.4. The Bertz CT molecular complexity index is 389. The number of amides is 2. The van der Waals surface area contributed by atoms with E-state index in [2.05, 4.69) is 29.4 Å². The lowest BCUT2D eigenvalue weighted by Gasteiger charge is -2.43. The lowest BCUT2D eigenvalue weighted by Crippen LogP contribution is -2.60. The van der Waals surface area contributed by atoms with Gasteiger partial charge in [-0.25, -0.2) is 0 Å². The summed E-state index contributed by atoms with van der Waals surface area (Å²) in [4.78, 5) is 28.2. The van der Waals surface area contributed by atoms with Crippen LogP contribution in [0, 0.1) is 5.41 Å². The first kappa shape index (κ1) is 16.2. The Kier molecular flexibility index (Phi) is 5.22. The first-order valence-corrected chi connectivity index (χ1v) is 7.89. The van der Waals surface area contributed by atoms with Crippen LogP contribution in [0.5, 0.6) is 0 Å². The highest BCUT2D eigenvalue weighted by atomic mass is 16.2. The Morgan fingerprint density at radius 2 is 1.90 bits per heavy atom. The molecule has 1 unspecified atom stereocenters. The van der Waals surface area contributed by atoms with Crippen LogP contribution in [0.2, 0.25) is 0 Å². The summed E-state index contributed by atoms with van der Waals surface area (Å²) < 4.78 is 0. The molecule has 6 heteroatoms. The van der Waals surface area contributed by atoms with E-state index in [1.807, 2.05) is 4.90 Å². The molecule has 120 valence electrons. The van der Waals surface area contributed by atoms with Crippen LogP contribution in [-0.4, -0.2) is 74.0 Å². The van der Waals surface area contributed by atoms with Crippen molar-refractivity contribution >= 4 is 11.8 Å².